The van der Waals surface area contributed by atoms with E-state index in [1.807, 2.05) is 39.1 Å². The van der Waals surface area contributed by atoms with E-state index in [2.05, 4.69) is 20.6 Å². The lowest BCUT2D eigenvalue weighted by Crippen LogP contribution is -2.28. The first kappa shape index (κ1) is 12.6. The van der Waals surface area contributed by atoms with E-state index in [0.717, 1.165) is 22.5 Å². The van der Waals surface area contributed by atoms with Crippen LogP contribution in [0.2, 0.25) is 0 Å². The third kappa shape index (κ3) is 2.68. The van der Waals surface area contributed by atoms with Crippen molar-refractivity contribution in [1.29, 1.82) is 0 Å². The third-order valence-corrected chi connectivity index (χ3v) is 2.83. The smallest absolute Gasteiger partial charge is 0.228 e. The second-order valence-corrected chi connectivity index (χ2v) is 4.50. The van der Waals surface area contributed by atoms with Crippen LogP contribution in [0.3, 0.4) is 0 Å². The highest BCUT2D eigenvalue weighted by Gasteiger charge is 2.12. The summed E-state index contributed by atoms with van der Waals surface area (Å²) in [6.07, 6.45) is 0. The number of aromatic amines is 1. The van der Waals surface area contributed by atoms with Gasteiger partial charge in [-0.3, -0.25) is 4.79 Å². The molecule has 1 aromatic heterocycles. The van der Waals surface area contributed by atoms with Crippen molar-refractivity contribution in [2.45, 2.75) is 13.8 Å². The number of hydrogen-bond acceptors (Lipinski definition) is 3. The molecular weight excluding hydrogens is 228 g/mol. The lowest BCUT2D eigenvalue weighted by atomic mass is 10.1. The number of aromatic nitrogens is 2. The van der Waals surface area contributed by atoms with Crippen LogP contribution in [0.1, 0.15) is 12.7 Å². The van der Waals surface area contributed by atoms with Gasteiger partial charge in [0.25, 0.3) is 0 Å². The van der Waals surface area contributed by atoms with Crippen LogP contribution in [-0.4, -0.2) is 29.5 Å². The topological polar surface area (TPSA) is 69.8 Å². The quantitative estimate of drug-likeness (QED) is 0.768. The molecule has 5 heteroatoms. The molecule has 5 nitrogen and oxygen atoms in total. The van der Waals surface area contributed by atoms with E-state index in [-0.39, 0.29) is 11.8 Å². The van der Waals surface area contributed by atoms with E-state index in [0.29, 0.717) is 6.54 Å². The number of amides is 1. The van der Waals surface area contributed by atoms with E-state index in [1.54, 1.807) is 0 Å². The standard InChI is InChI=1S/C13H18N4O/c1-8(7-14-3)13(18)17-10-4-5-11-12(6-10)16-9(2)15-11/h4-6,8,14H,7H2,1-3H3,(H,15,16)(H,17,18). The molecule has 96 valence electrons. The Hall–Kier alpha value is -1.88. The number of carbonyl (C=O) groups is 1. The van der Waals surface area contributed by atoms with E-state index >= 15 is 0 Å². The summed E-state index contributed by atoms with van der Waals surface area (Å²) in [4.78, 5) is 19.3. The van der Waals surface area contributed by atoms with Crippen molar-refractivity contribution < 1.29 is 4.79 Å². The summed E-state index contributed by atoms with van der Waals surface area (Å²) in [6.45, 7) is 4.47. The van der Waals surface area contributed by atoms with Gasteiger partial charge >= 0.3 is 0 Å². The number of aryl methyl sites for hydroxylation is 1. The normalized spacial score (nSPS) is 12.6. The Bertz CT molecular complexity index is 561. The minimum Gasteiger partial charge on any atom is -0.342 e. The van der Waals surface area contributed by atoms with Gasteiger partial charge < -0.3 is 15.6 Å². The number of nitrogens with zero attached hydrogens (tertiary/aromatic N) is 1. The highest BCUT2D eigenvalue weighted by Crippen LogP contribution is 2.17. The summed E-state index contributed by atoms with van der Waals surface area (Å²) >= 11 is 0. The first-order valence-corrected chi connectivity index (χ1v) is 6.02. The molecule has 1 atom stereocenters. The lowest BCUT2D eigenvalue weighted by molar-refractivity contribution is -0.119. The van der Waals surface area contributed by atoms with Crippen LogP contribution in [-0.2, 0) is 4.79 Å². The molecule has 2 aromatic rings. The van der Waals surface area contributed by atoms with Crippen molar-refractivity contribution in [3.05, 3.63) is 24.0 Å². The van der Waals surface area contributed by atoms with Crippen molar-refractivity contribution in [2.24, 2.45) is 5.92 Å². The van der Waals surface area contributed by atoms with E-state index < -0.39 is 0 Å². The minimum atomic E-state index is -0.0609. The monoisotopic (exact) mass is 246 g/mol. The third-order valence-electron chi connectivity index (χ3n) is 2.83. The van der Waals surface area contributed by atoms with Crippen LogP contribution in [0.15, 0.2) is 18.2 Å². The summed E-state index contributed by atoms with van der Waals surface area (Å²) in [7, 11) is 1.84. The predicted molar refractivity (Wildman–Crippen MR) is 72.6 cm³/mol. The van der Waals surface area contributed by atoms with Crippen LogP contribution < -0.4 is 10.6 Å². The SMILES string of the molecule is CNCC(C)C(=O)Nc1ccc2nc(C)[nH]c2c1. The highest BCUT2D eigenvalue weighted by molar-refractivity contribution is 5.94. The number of H-pyrrole nitrogens is 1. The Morgan fingerprint density at radius 2 is 2.28 bits per heavy atom. The van der Waals surface area contributed by atoms with Crippen molar-refractivity contribution >= 4 is 22.6 Å². The molecule has 18 heavy (non-hydrogen) atoms. The fraction of sp³-hybridized carbons (Fsp3) is 0.385. The van der Waals surface area contributed by atoms with Crippen LogP contribution in [0.4, 0.5) is 5.69 Å². The van der Waals surface area contributed by atoms with Crippen LogP contribution in [0, 0.1) is 12.8 Å². The van der Waals surface area contributed by atoms with Gasteiger partial charge in [-0.1, -0.05) is 6.92 Å². The van der Waals surface area contributed by atoms with Crippen LogP contribution in [0.5, 0.6) is 0 Å². The zero-order chi connectivity index (χ0) is 13.1. The first-order valence-electron chi connectivity index (χ1n) is 6.02. The number of benzene rings is 1. The summed E-state index contributed by atoms with van der Waals surface area (Å²) < 4.78 is 0. The number of anilines is 1. The van der Waals surface area contributed by atoms with Crippen LogP contribution >= 0.6 is 0 Å². The molecule has 0 saturated heterocycles. The van der Waals surface area contributed by atoms with Crippen molar-refractivity contribution in [2.75, 3.05) is 18.9 Å². The fourth-order valence-electron chi connectivity index (χ4n) is 1.88. The van der Waals surface area contributed by atoms with E-state index in [4.69, 9.17) is 0 Å². The Kier molecular flexibility index (Phi) is 3.62. The zero-order valence-electron chi connectivity index (χ0n) is 10.9. The van der Waals surface area contributed by atoms with Crippen molar-refractivity contribution in [3.8, 4) is 0 Å². The molecule has 1 heterocycles. The second kappa shape index (κ2) is 5.18. The maximum atomic E-state index is 11.9. The van der Waals surface area contributed by atoms with E-state index in [1.165, 1.54) is 0 Å². The van der Waals surface area contributed by atoms with Gasteiger partial charge in [0.2, 0.25) is 5.91 Å². The van der Waals surface area contributed by atoms with Gasteiger partial charge in [-0.2, -0.15) is 0 Å². The number of rotatable bonds is 4. The molecule has 2 rings (SSSR count). The molecule has 0 saturated carbocycles. The van der Waals surface area contributed by atoms with Gasteiger partial charge in [0.15, 0.2) is 0 Å². The summed E-state index contributed by atoms with van der Waals surface area (Å²) in [6, 6.07) is 5.67. The molecule has 0 aliphatic heterocycles. The summed E-state index contributed by atoms with van der Waals surface area (Å²) in [5.74, 6) is 0.825. The maximum absolute atomic E-state index is 11.9. The van der Waals surface area contributed by atoms with Crippen molar-refractivity contribution in [1.82, 2.24) is 15.3 Å². The van der Waals surface area contributed by atoms with Gasteiger partial charge in [0, 0.05) is 18.2 Å². The molecule has 0 aliphatic carbocycles. The average Bonchev–Trinajstić information content (AvgIpc) is 2.68. The van der Waals surface area contributed by atoms with Gasteiger partial charge in [0.1, 0.15) is 5.82 Å². The van der Waals surface area contributed by atoms with Gasteiger partial charge in [-0.05, 0) is 32.2 Å². The van der Waals surface area contributed by atoms with E-state index in [9.17, 15) is 4.79 Å². The summed E-state index contributed by atoms with van der Waals surface area (Å²) in [5, 5.41) is 5.89. The largest absolute Gasteiger partial charge is 0.342 e. The maximum Gasteiger partial charge on any atom is 0.228 e. The van der Waals surface area contributed by atoms with Gasteiger partial charge in [0.05, 0.1) is 11.0 Å². The number of nitrogens with one attached hydrogen (secondary N) is 3. The number of hydrogen-bond donors (Lipinski definition) is 3. The Morgan fingerprint density at radius 1 is 1.50 bits per heavy atom. The molecule has 3 N–H and O–H groups in total. The average molecular weight is 246 g/mol. The van der Waals surface area contributed by atoms with Crippen LogP contribution in [0.25, 0.3) is 11.0 Å². The van der Waals surface area contributed by atoms with Gasteiger partial charge in [-0.25, -0.2) is 4.98 Å². The molecule has 1 unspecified atom stereocenters. The Balaban J connectivity index is 2.14. The fourth-order valence-corrected chi connectivity index (χ4v) is 1.88. The Labute approximate surface area is 106 Å². The number of fused-ring (bicyclic) bond motifs is 1. The molecular formula is C13H18N4O. The predicted octanol–water partition coefficient (Wildman–Crippen LogP) is 1.67. The summed E-state index contributed by atoms with van der Waals surface area (Å²) in [5.41, 5.74) is 2.64. The molecule has 0 spiro atoms. The second-order valence-electron chi connectivity index (χ2n) is 4.50. The Morgan fingerprint density at radius 3 is 3.00 bits per heavy atom. The number of imidazole rings is 1. The number of carbonyl (C=O) groups excluding carboxylic acids is 1. The highest BCUT2D eigenvalue weighted by atomic mass is 16.1. The van der Waals surface area contributed by atoms with Gasteiger partial charge in [-0.15, -0.1) is 0 Å². The molecule has 0 aliphatic rings. The molecule has 0 fully saturated rings. The lowest BCUT2D eigenvalue weighted by Gasteiger charge is -2.11. The zero-order valence-corrected chi connectivity index (χ0v) is 10.9. The molecule has 1 amide bonds. The molecule has 1 aromatic carbocycles. The molecule has 0 radical (unpaired) electrons. The molecule has 0 bridgehead atoms. The van der Waals surface area contributed by atoms with Crippen molar-refractivity contribution in [3.63, 3.8) is 0 Å². The minimum absolute atomic E-state index is 0.0138. The first-order chi connectivity index (χ1) is 8.60.